The SMILES string of the molecule is CC(Sc1ccccc1Cl)C(=O)N1C[C@@H](C(F)(F)F)[C@H](C(=O)O)C1. The molecule has 1 aromatic carbocycles. The number of amides is 1. The van der Waals surface area contributed by atoms with E-state index in [1.54, 1.807) is 31.2 Å². The Morgan fingerprint density at radius 1 is 1.33 bits per heavy atom. The summed E-state index contributed by atoms with van der Waals surface area (Å²) in [7, 11) is 0. The average Bonchev–Trinajstić information content (AvgIpc) is 2.94. The van der Waals surface area contributed by atoms with Crippen LogP contribution in [0.1, 0.15) is 6.92 Å². The van der Waals surface area contributed by atoms with Crippen LogP contribution in [-0.4, -0.2) is 46.4 Å². The lowest BCUT2D eigenvalue weighted by Gasteiger charge is -2.21. The number of alkyl halides is 3. The summed E-state index contributed by atoms with van der Waals surface area (Å²) in [6.07, 6.45) is -4.66. The highest BCUT2D eigenvalue weighted by atomic mass is 35.5. The predicted molar refractivity (Wildman–Crippen MR) is 84.0 cm³/mol. The molecule has 0 aromatic heterocycles. The molecule has 4 nitrogen and oxygen atoms in total. The van der Waals surface area contributed by atoms with Crippen LogP contribution in [0.3, 0.4) is 0 Å². The lowest BCUT2D eigenvalue weighted by Crippen LogP contribution is -2.36. The van der Waals surface area contributed by atoms with Gasteiger partial charge in [-0.15, -0.1) is 11.8 Å². The van der Waals surface area contributed by atoms with Gasteiger partial charge in [-0.3, -0.25) is 9.59 Å². The Kier molecular flexibility index (Phi) is 5.70. The number of rotatable bonds is 4. The number of hydrogen-bond acceptors (Lipinski definition) is 3. The zero-order chi connectivity index (χ0) is 18.1. The van der Waals surface area contributed by atoms with Crippen molar-refractivity contribution in [2.45, 2.75) is 23.2 Å². The fourth-order valence-electron chi connectivity index (χ4n) is 2.60. The zero-order valence-electron chi connectivity index (χ0n) is 12.6. The van der Waals surface area contributed by atoms with Crippen molar-refractivity contribution in [2.75, 3.05) is 13.1 Å². The van der Waals surface area contributed by atoms with E-state index in [2.05, 4.69) is 0 Å². The van der Waals surface area contributed by atoms with Crippen LogP contribution in [0.2, 0.25) is 5.02 Å². The molecule has 1 N–H and O–H groups in total. The van der Waals surface area contributed by atoms with Crippen LogP contribution in [0.5, 0.6) is 0 Å². The van der Waals surface area contributed by atoms with E-state index in [9.17, 15) is 22.8 Å². The van der Waals surface area contributed by atoms with Crippen molar-refractivity contribution in [3.8, 4) is 0 Å². The number of thioether (sulfide) groups is 1. The second kappa shape index (κ2) is 7.23. The molecule has 24 heavy (non-hydrogen) atoms. The van der Waals surface area contributed by atoms with Gasteiger partial charge in [0.2, 0.25) is 5.91 Å². The van der Waals surface area contributed by atoms with Gasteiger partial charge in [0.15, 0.2) is 0 Å². The molecule has 132 valence electrons. The molecule has 0 spiro atoms. The van der Waals surface area contributed by atoms with Crippen LogP contribution in [0.15, 0.2) is 29.2 Å². The number of carbonyl (C=O) groups is 2. The van der Waals surface area contributed by atoms with Gasteiger partial charge in [-0.05, 0) is 19.1 Å². The van der Waals surface area contributed by atoms with Gasteiger partial charge in [0.05, 0.1) is 22.1 Å². The van der Waals surface area contributed by atoms with Gasteiger partial charge in [-0.2, -0.15) is 13.2 Å². The molecule has 1 saturated heterocycles. The van der Waals surface area contributed by atoms with Gasteiger partial charge in [-0.1, -0.05) is 23.7 Å². The third kappa shape index (κ3) is 4.16. The van der Waals surface area contributed by atoms with Crippen LogP contribution in [-0.2, 0) is 9.59 Å². The first kappa shape index (κ1) is 18.9. The molecular weight excluding hydrogens is 367 g/mol. The van der Waals surface area contributed by atoms with E-state index in [1.165, 1.54) is 0 Å². The van der Waals surface area contributed by atoms with E-state index in [4.69, 9.17) is 16.7 Å². The smallest absolute Gasteiger partial charge is 0.394 e. The summed E-state index contributed by atoms with van der Waals surface area (Å²) in [4.78, 5) is 25.1. The van der Waals surface area contributed by atoms with Crippen LogP contribution in [0.4, 0.5) is 13.2 Å². The summed E-state index contributed by atoms with van der Waals surface area (Å²) < 4.78 is 39.0. The molecule has 1 aromatic rings. The summed E-state index contributed by atoms with van der Waals surface area (Å²) in [6, 6.07) is 6.82. The van der Waals surface area contributed by atoms with Crippen LogP contribution in [0.25, 0.3) is 0 Å². The minimum atomic E-state index is -4.66. The van der Waals surface area contributed by atoms with Gasteiger partial charge in [0.1, 0.15) is 0 Å². The highest BCUT2D eigenvalue weighted by molar-refractivity contribution is 8.00. The van der Waals surface area contributed by atoms with Gasteiger partial charge in [0, 0.05) is 18.0 Å². The quantitative estimate of drug-likeness (QED) is 0.810. The second-order valence-corrected chi connectivity index (χ2v) is 7.32. The Morgan fingerprint density at radius 2 is 1.96 bits per heavy atom. The fraction of sp³-hybridized carbons (Fsp3) is 0.467. The van der Waals surface area contributed by atoms with Gasteiger partial charge >= 0.3 is 12.1 Å². The first-order chi connectivity index (χ1) is 11.1. The number of carboxylic acids is 1. The molecular formula is C15H15ClF3NO3S. The maximum atomic E-state index is 13.0. The normalized spacial score (nSPS) is 22.5. The summed E-state index contributed by atoms with van der Waals surface area (Å²) >= 11 is 7.14. The molecule has 1 amide bonds. The third-order valence-electron chi connectivity index (χ3n) is 3.86. The highest BCUT2D eigenvalue weighted by Gasteiger charge is 2.53. The average molecular weight is 382 g/mol. The molecule has 0 bridgehead atoms. The standard InChI is InChI=1S/C15H15ClF3NO3S/c1-8(24-12-5-3-2-4-11(12)16)13(21)20-6-9(14(22)23)10(7-20)15(17,18)19/h2-5,8-10H,6-7H2,1H3,(H,22,23)/t8?,9-,10-/m1/s1. The number of benzene rings is 1. The molecule has 1 unspecified atom stereocenters. The highest BCUT2D eigenvalue weighted by Crippen LogP contribution is 2.39. The largest absolute Gasteiger partial charge is 0.481 e. The Morgan fingerprint density at radius 3 is 2.46 bits per heavy atom. The Bertz CT molecular complexity index is 641. The molecule has 1 aliphatic heterocycles. The minimum Gasteiger partial charge on any atom is -0.481 e. The van der Waals surface area contributed by atoms with Gasteiger partial charge < -0.3 is 10.0 Å². The molecule has 2 rings (SSSR count). The third-order valence-corrected chi connectivity index (χ3v) is 5.46. The summed E-state index contributed by atoms with van der Waals surface area (Å²) in [5.74, 6) is -5.75. The summed E-state index contributed by atoms with van der Waals surface area (Å²) in [5, 5.41) is 8.77. The van der Waals surface area contributed by atoms with E-state index < -0.39 is 48.2 Å². The van der Waals surface area contributed by atoms with Crippen LogP contribution >= 0.6 is 23.4 Å². The first-order valence-corrected chi connectivity index (χ1v) is 8.36. The van der Waals surface area contributed by atoms with E-state index >= 15 is 0 Å². The van der Waals surface area contributed by atoms with E-state index in [0.29, 0.717) is 9.92 Å². The van der Waals surface area contributed by atoms with Crippen molar-refractivity contribution in [1.82, 2.24) is 4.90 Å². The van der Waals surface area contributed by atoms with Crippen LogP contribution < -0.4 is 0 Å². The minimum absolute atomic E-state index is 0.439. The Hall–Kier alpha value is -1.41. The molecule has 0 radical (unpaired) electrons. The van der Waals surface area contributed by atoms with E-state index in [-0.39, 0.29) is 0 Å². The van der Waals surface area contributed by atoms with E-state index in [0.717, 1.165) is 16.7 Å². The predicted octanol–water partition coefficient (Wildman–Crippen LogP) is 3.54. The molecule has 0 saturated carbocycles. The summed E-state index contributed by atoms with van der Waals surface area (Å²) in [5.41, 5.74) is 0. The number of nitrogens with zero attached hydrogens (tertiary/aromatic N) is 1. The Balaban J connectivity index is 2.09. The monoisotopic (exact) mass is 381 g/mol. The molecule has 1 aliphatic rings. The molecule has 0 aliphatic carbocycles. The van der Waals surface area contributed by atoms with Crippen molar-refractivity contribution in [2.24, 2.45) is 11.8 Å². The van der Waals surface area contributed by atoms with Crippen molar-refractivity contribution in [1.29, 1.82) is 0 Å². The summed E-state index contributed by atoms with van der Waals surface area (Å²) in [6.45, 7) is 0.492. The lowest BCUT2D eigenvalue weighted by atomic mass is 9.96. The number of hydrogen-bond donors (Lipinski definition) is 1. The molecule has 1 heterocycles. The number of likely N-dealkylation sites (tertiary alicyclic amines) is 1. The lowest BCUT2D eigenvalue weighted by molar-refractivity contribution is -0.188. The van der Waals surface area contributed by atoms with Crippen molar-refractivity contribution < 1.29 is 27.9 Å². The van der Waals surface area contributed by atoms with Gasteiger partial charge in [-0.25, -0.2) is 0 Å². The number of halogens is 4. The Labute approximate surface area is 146 Å². The maximum absolute atomic E-state index is 13.0. The van der Waals surface area contributed by atoms with Gasteiger partial charge in [0.25, 0.3) is 0 Å². The molecule has 3 atom stereocenters. The number of carboxylic acid groups (broad SMARTS) is 1. The van der Waals surface area contributed by atoms with E-state index in [1.807, 2.05) is 0 Å². The van der Waals surface area contributed by atoms with Crippen molar-refractivity contribution >= 4 is 35.2 Å². The van der Waals surface area contributed by atoms with Crippen LogP contribution in [0, 0.1) is 11.8 Å². The maximum Gasteiger partial charge on any atom is 0.394 e. The topological polar surface area (TPSA) is 57.6 Å². The number of carbonyl (C=O) groups excluding carboxylic acids is 1. The zero-order valence-corrected chi connectivity index (χ0v) is 14.2. The second-order valence-electron chi connectivity index (χ2n) is 5.53. The van der Waals surface area contributed by atoms with Crippen molar-refractivity contribution in [3.05, 3.63) is 29.3 Å². The fourth-order valence-corrected chi connectivity index (χ4v) is 3.84. The number of aliphatic carboxylic acids is 1. The van der Waals surface area contributed by atoms with Crippen molar-refractivity contribution in [3.63, 3.8) is 0 Å². The molecule has 9 heteroatoms. The first-order valence-electron chi connectivity index (χ1n) is 7.10. The molecule has 1 fully saturated rings.